The first kappa shape index (κ1) is 11.2. The van der Waals surface area contributed by atoms with E-state index >= 15 is 0 Å². The smallest absolute Gasteiger partial charge is 0.330 e. The van der Waals surface area contributed by atoms with Crippen LogP contribution in [0.15, 0.2) is 12.2 Å². The third-order valence-corrected chi connectivity index (χ3v) is 1.76. The molecule has 1 saturated heterocycles. The Labute approximate surface area is 83.8 Å². The number of carbonyl (C=O) groups excluding carboxylic acids is 1. The van der Waals surface area contributed by atoms with E-state index in [9.17, 15) is 4.79 Å². The normalized spacial score (nSPS) is 25.5. The first-order valence-electron chi connectivity index (χ1n) is 4.70. The van der Waals surface area contributed by atoms with Crippen molar-refractivity contribution in [2.75, 3.05) is 13.2 Å². The Hall–Kier alpha value is -0.870. The molecule has 0 aromatic carbocycles. The Kier molecular flexibility index (Phi) is 3.66. The lowest BCUT2D eigenvalue weighted by Crippen LogP contribution is -2.20. The van der Waals surface area contributed by atoms with Gasteiger partial charge in [0.1, 0.15) is 6.10 Å². The van der Waals surface area contributed by atoms with Gasteiger partial charge in [-0.2, -0.15) is 0 Å². The van der Waals surface area contributed by atoms with Gasteiger partial charge in [-0.15, -0.1) is 0 Å². The Balaban J connectivity index is 2.35. The van der Waals surface area contributed by atoms with Gasteiger partial charge in [-0.25, -0.2) is 4.79 Å². The van der Waals surface area contributed by atoms with E-state index in [4.69, 9.17) is 14.2 Å². The minimum Gasteiger partial charge on any atom is -0.463 e. The summed E-state index contributed by atoms with van der Waals surface area (Å²) in [5.41, 5.74) is 0. The van der Waals surface area contributed by atoms with Crippen LogP contribution in [0.5, 0.6) is 0 Å². The second-order valence-corrected chi connectivity index (χ2v) is 3.48. The van der Waals surface area contributed by atoms with E-state index in [1.165, 1.54) is 6.08 Å². The highest BCUT2D eigenvalue weighted by Gasteiger charge is 2.31. The molecule has 0 aliphatic carbocycles. The summed E-state index contributed by atoms with van der Waals surface area (Å²) in [6, 6.07) is 0. The molecule has 0 aromatic rings. The molecule has 1 rings (SSSR count). The highest BCUT2D eigenvalue weighted by atomic mass is 16.7. The van der Waals surface area contributed by atoms with Gasteiger partial charge in [-0.05, 0) is 26.8 Å². The first-order chi connectivity index (χ1) is 6.53. The Morgan fingerprint density at radius 2 is 2.36 bits per heavy atom. The average molecular weight is 200 g/mol. The third-order valence-electron chi connectivity index (χ3n) is 1.76. The summed E-state index contributed by atoms with van der Waals surface area (Å²) in [4.78, 5) is 11.0. The van der Waals surface area contributed by atoms with Crippen molar-refractivity contribution in [2.24, 2.45) is 0 Å². The zero-order valence-corrected chi connectivity index (χ0v) is 8.78. The summed E-state index contributed by atoms with van der Waals surface area (Å²) in [5, 5.41) is 0. The number of hydrogen-bond donors (Lipinski definition) is 0. The van der Waals surface area contributed by atoms with Crippen molar-refractivity contribution in [1.82, 2.24) is 0 Å². The molecule has 4 heteroatoms. The van der Waals surface area contributed by atoms with Crippen molar-refractivity contribution in [1.29, 1.82) is 0 Å². The fourth-order valence-corrected chi connectivity index (χ4v) is 1.19. The van der Waals surface area contributed by atoms with E-state index in [2.05, 4.69) is 0 Å². The minimum absolute atomic E-state index is 0.158. The predicted molar refractivity (Wildman–Crippen MR) is 50.7 cm³/mol. The first-order valence-corrected chi connectivity index (χ1v) is 4.70. The Morgan fingerprint density at radius 1 is 1.64 bits per heavy atom. The van der Waals surface area contributed by atoms with E-state index < -0.39 is 5.79 Å². The van der Waals surface area contributed by atoms with Crippen LogP contribution in [0.1, 0.15) is 20.8 Å². The SMILES string of the molecule is CCOC(=O)C=CC1COC(C)(C)O1. The molecule has 1 unspecified atom stereocenters. The van der Waals surface area contributed by atoms with Crippen LogP contribution in [-0.4, -0.2) is 31.1 Å². The highest BCUT2D eigenvalue weighted by Crippen LogP contribution is 2.22. The molecule has 1 atom stereocenters. The molecular formula is C10H16O4. The molecule has 14 heavy (non-hydrogen) atoms. The lowest BCUT2D eigenvalue weighted by atomic mass is 10.3. The van der Waals surface area contributed by atoms with Crippen LogP contribution in [0, 0.1) is 0 Å². The van der Waals surface area contributed by atoms with Gasteiger partial charge in [0.05, 0.1) is 13.2 Å². The van der Waals surface area contributed by atoms with E-state index in [0.717, 1.165) is 0 Å². The van der Waals surface area contributed by atoms with Crippen LogP contribution in [0.4, 0.5) is 0 Å². The Bertz CT molecular complexity index is 232. The maximum Gasteiger partial charge on any atom is 0.330 e. The van der Waals surface area contributed by atoms with Crippen molar-refractivity contribution in [3.63, 3.8) is 0 Å². The van der Waals surface area contributed by atoms with Gasteiger partial charge in [-0.3, -0.25) is 0 Å². The van der Waals surface area contributed by atoms with Gasteiger partial charge in [0.2, 0.25) is 0 Å². The number of rotatable bonds is 3. The molecule has 1 heterocycles. The second-order valence-electron chi connectivity index (χ2n) is 3.48. The molecule has 0 aromatic heterocycles. The van der Waals surface area contributed by atoms with E-state index in [1.54, 1.807) is 13.0 Å². The maximum absolute atomic E-state index is 11.0. The zero-order chi connectivity index (χ0) is 10.6. The van der Waals surface area contributed by atoms with Gasteiger partial charge >= 0.3 is 5.97 Å². The van der Waals surface area contributed by atoms with Crippen molar-refractivity contribution < 1.29 is 19.0 Å². The summed E-state index contributed by atoms with van der Waals surface area (Å²) in [7, 11) is 0. The number of hydrogen-bond acceptors (Lipinski definition) is 4. The monoisotopic (exact) mass is 200 g/mol. The number of ether oxygens (including phenoxy) is 3. The lowest BCUT2D eigenvalue weighted by molar-refractivity contribution is -0.138. The predicted octanol–water partition coefficient (Wildman–Crippen LogP) is 1.26. The summed E-state index contributed by atoms with van der Waals surface area (Å²) in [6.45, 7) is 6.31. The molecule has 0 spiro atoms. The van der Waals surface area contributed by atoms with Crippen LogP contribution in [-0.2, 0) is 19.0 Å². The fourth-order valence-electron chi connectivity index (χ4n) is 1.19. The van der Waals surface area contributed by atoms with Gasteiger partial charge in [0, 0.05) is 6.08 Å². The van der Waals surface area contributed by atoms with Crippen molar-refractivity contribution in [2.45, 2.75) is 32.7 Å². The van der Waals surface area contributed by atoms with Crippen molar-refractivity contribution in [3.05, 3.63) is 12.2 Å². The summed E-state index contributed by atoms with van der Waals surface area (Å²) >= 11 is 0. The molecule has 0 saturated carbocycles. The van der Waals surface area contributed by atoms with Crippen LogP contribution >= 0.6 is 0 Å². The van der Waals surface area contributed by atoms with Gasteiger partial charge < -0.3 is 14.2 Å². The van der Waals surface area contributed by atoms with E-state index in [1.807, 2.05) is 13.8 Å². The third kappa shape index (κ3) is 3.47. The Morgan fingerprint density at radius 3 is 2.86 bits per heavy atom. The summed E-state index contributed by atoms with van der Waals surface area (Å²) in [5.74, 6) is -0.898. The molecule has 0 bridgehead atoms. The average Bonchev–Trinajstić information content (AvgIpc) is 2.43. The standard InChI is InChI=1S/C10H16O4/c1-4-12-9(11)6-5-8-7-13-10(2,3)14-8/h5-6,8H,4,7H2,1-3H3. The zero-order valence-electron chi connectivity index (χ0n) is 8.78. The van der Waals surface area contributed by atoms with E-state index in [0.29, 0.717) is 13.2 Å². The molecule has 1 fully saturated rings. The second kappa shape index (κ2) is 4.57. The van der Waals surface area contributed by atoms with Crippen LogP contribution < -0.4 is 0 Å². The minimum atomic E-state index is -0.552. The number of carbonyl (C=O) groups is 1. The molecule has 4 nitrogen and oxygen atoms in total. The largest absolute Gasteiger partial charge is 0.463 e. The number of esters is 1. The van der Waals surface area contributed by atoms with Crippen LogP contribution in [0.2, 0.25) is 0 Å². The summed E-state index contributed by atoms with van der Waals surface area (Å²) < 4.78 is 15.5. The lowest BCUT2D eigenvalue weighted by Gasteiger charge is -2.15. The van der Waals surface area contributed by atoms with Crippen molar-refractivity contribution in [3.8, 4) is 0 Å². The van der Waals surface area contributed by atoms with Gasteiger partial charge in [-0.1, -0.05) is 0 Å². The molecule has 1 aliphatic heterocycles. The quantitative estimate of drug-likeness (QED) is 0.508. The maximum atomic E-state index is 11.0. The van der Waals surface area contributed by atoms with Crippen LogP contribution in [0.25, 0.3) is 0 Å². The van der Waals surface area contributed by atoms with E-state index in [-0.39, 0.29) is 12.1 Å². The van der Waals surface area contributed by atoms with Crippen molar-refractivity contribution >= 4 is 5.97 Å². The molecule has 0 radical (unpaired) electrons. The van der Waals surface area contributed by atoms with Crippen LogP contribution in [0.3, 0.4) is 0 Å². The highest BCUT2D eigenvalue weighted by molar-refractivity contribution is 5.81. The topological polar surface area (TPSA) is 44.8 Å². The fraction of sp³-hybridized carbons (Fsp3) is 0.700. The van der Waals surface area contributed by atoms with Gasteiger partial charge in [0.25, 0.3) is 0 Å². The molecule has 0 amide bonds. The molecule has 80 valence electrons. The molecule has 1 aliphatic rings. The molecular weight excluding hydrogens is 184 g/mol. The molecule has 0 N–H and O–H groups in total. The van der Waals surface area contributed by atoms with Gasteiger partial charge in [0.15, 0.2) is 5.79 Å². The summed E-state index contributed by atoms with van der Waals surface area (Å²) in [6.07, 6.45) is 2.88.